The van der Waals surface area contributed by atoms with Crippen molar-refractivity contribution in [2.75, 3.05) is 10.8 Å². The summed E-state index contributed by atoms with van der Waals surface area (Å²) in [6, 6.07) is 18.4. The maximum absolute atomic E-state index is 14.4. The predicted molar refractivity (Wildman–Crippen MR) is 156 cm³/mol. The molecular formula is C30H28F3N3O4S2. The number of aliphatic hydroxyl groups excluding tert-OH is 1. The van der Waals surface area contributed by atoms with Gasteiger partial charge in [-0.25, -0.2) is 8.57 Å². The molecule has 2 heterocycles. The van der Waals surface area contributed by atoms with Gasteiger partial charge in [0.1, 0.15) is 15.5 Å². The number of fused-ring (bicyclic) bond motifs is 6. The number of para-hydroxylation sites is 2. The largest absolute Gasteiger partial charge is 0.573 e. The molecule has 4 bridgehead atoms. The van der Waals surface area contributed by atoms with Crippen molar-refractivity contribution in [1.29, 1.82) is 0 Å². The van der Waals surface area contributed by atoms with Crippen molar-refractivity contribution in [1.82, 2.24) is 0 Å². The van der Waals surface area contributed by atoms with Crippen LogP contribution >= 0.6 is 11.9 Å². The summed E-state index contributed by atoms with van der Waals surface area (Å²) in [7, 11) is -3.27. The van der Waals surface area contributed by atoms with Gasteiger partial charge in [0.15, 0.2) is 11.5 Å². The summed E-state index contributed by atoms with van der Waals surface area (Å²) in [4.78, 5) is 4.87. The van der Waals surface area contributed by atoms with Crippen LogP contribution in [0, 0.1) is 0 Å². The van der Waals surface area contributed by atoms with Crippen molar-refractivity contribution in [2.24, 2.45) is 9.36 Å². The Morgan fingerprint density at radius 3 is 2.55 bits per heavy atom. The molecule has 0 amide bonds. The first-order valence-corrected chi connectivity index (χ1v) is 16.2. The van der Waals surface area contributed by atoms with E-state index >= 15 is 0 Å². The van der Waals surface area contributed by atoms with E-state index in [2.05, 4.69) is 20.1 Å². The summed E-state index contributed by atoms with van der Waals surface area (Å²) in [6.45, 7) is 0.248. The molecule has 3 aromatic rings. The molecule has 2 aliphatic heterocycles. The van der Waals surface area contributed by atoms with Gasteiger partial charge in [-0.05, 0) is 98.1 Å². The van der Waals surface area contributed by atoms with Gasteiger partial charge < -0.3 is 14.6 Å². The Morgan fingerprint density at radius 2 is 1.79 bits per heavy atom. The fourth-order valence-corrected chi connectivity index (χ4v) is 8.76. The second kappa shape index (κ2) is 10.2. The highest BCUT2D eigenvalue weighted by Crippen LogP contribution is 2.55. The lowest BCUT2D eigenvalue weighted by Crippen LogP contribution is -2.40. The highest BCUT2D eigenvalue weighted by Gasteiger charge is 2.46. The molecule has 3 aromatic carbocycles. The van der Waals surface area contributed by atoms with E-state index in [0.29, 0.717) is 6.42 Å². The lowest BCUT2D eigenvalue weighted by atomic mass is 9.92. The quantitative estimate of drug-likeness (QED) is 0.304. The number of benzene rings is 3. The number of rotatable bonds is 2. The summed E-state index contributed by atoms with van der Waals surface area (Å²) in [6.07, 6.45) is -1.72. The highest BCUT2D eigenvalue weighted by atomic mass is 32.2. The van der Waals surface area contributed by atoms with Gasteiger partial charge >= 0.3 is 6.36 Å². The number of aliphatic imine (C=N–C) groups is 1. The second-order valence-electron chi connectivity index (χ2n) is 11.1. The maximum atomic E-state index is 14.4. The van der Waals surface area contributed by atoms with E-state index in [1.807, 2.05) is 36.4 Å². The van der Waals surface area contributed by atoms with Gasteiger partial charge in [0.05, 0.1) is 45.8 Å². The maximum Gasteiger partial charge on any atom is 0.573 e. The Bertz CT molecular complexity index is 1670. The third kappa shape index (κ3) is 5.13. The van der Waals surface area contributed by atoms with Crippen LogP contribution in [0.25, 0.3) is 0 Å². The Morgan fingerprint density at radius 1 is 1.02 bits per heavy atom. The minimum atomic E-state index is -4.83. The van der Waals surface area contributed by atoms with Gasteiger partial charge in [-0.1, -0.05) is 18.2 Å². The van der Waals surface area contributed by atoms with E-state index < -0.39 is 34.0 Å². The van der Waals surface area contributed by atoms with Crippen molar-refractivity contribution in [2.45, 2.75) is 66.2 Å². The summed E-state index contributed by atoms with van der Waals surface area (Å²) in [5, 5.41) is 11.3. The van der Waals surface area contributed by atoms with Crippen LogP contribution < -0.4 is 13.8 Å². The van der Waals surface area contributed by atoms with E-state index in [4.69, 9.17) is 9.10 Å². The first-order chi connectivity index (χ1) is 20.1. The standard InChI is InChI=1S/C30H28F3N3O4S2/c31-30(32,33)40-20-9-11-21(12-10-20)42(38)18-34-22-4-3-7-27(28(22)37)41-36-23-5-1-2-6-25(23)39-26-13-8-19(16-24(26)36)29(14-15-29)17-35-42/h1-2,5-6,8-13,16,18,22,27-28,37H,3-4,7,14-15,17H2/b34-18-/t22-,27?,28-,42?/m1/s1. The Labute approximate surface area is 246 Å². The number of halogens is 3. The molecule has 0 radical (unpaired) electrons. The van der Waals surface area contributed by atoms with Crippen LogP contribution in [-0.4, -0.2) is 45.2 Å². The molecule has 0 saturated heterocycles. The highest BCUT2D eigenvalue weighted by molar-refractivity contribution is 8.06. The number of alkyl halides is 3. The zero-order chi connectivity index (χ0) is 29.1. The Kier molecular flexibility index (Phi) is 6.70. The van der Waals surface area contributed by atoms with Crippen LogP contribution in [0.3, 0.4) is 0 Å². The van der Waals surface area contributed by atoms with E-state index in [9.17, 15) is 22.5 Å². The third-order valence-corrected chi connectivity index (χ3v) is 11.6. The molecule has 0 aromatic heterocycles. The van der Waals surface area contributed by atoms with Gasteiger partial charge in [0.2, 0.25) is 0 Å². The van der Waals surface area contributed by atoms with E-state index in [1.54, 1.807) is 11.9 Å². The monoisotopic (exact) mass is 615 g/mol. The van der Waals surface area contributed by atoms with E-state index in [-0.39, 0.29) is 22.1 Å². The van der Waals surface area contributed by atoms with Gasteiger partial charge in [0.25, 0.3) is 0 Å². The third-order valence-electron chi connectivity index (χ3n) is 8.30. The molecule has 4 atom stereocenters. The van der Waals surface area contributed by atoms with Crippen LogP contribution in [0.2, 0.25) is 0 Å². The van der Waals surface area contributed by atoms with Crippen molar-refractivity contribution in [3.63, 3.8) is 0 Å². The lowest BCUT2D eigenvalue weighted by Gasteiger charge is -2.38. The van der Waals surface area contributed by atoms with Crippen LogP contribution in [0.4, 0.5) is 24.5 Å². The molecule has 42 heavy (non-hydrogen) atoms. The smallest absolute Gasteiger partial charge is 0.453 e. The number of hydrogen-bond acceptors (Lipinski definition) is 8. The number of anilines is 2. The molecule has 12 heteroatoms. The van der Waals surface area contributed by atoms with Gasteiger partial charge in [-0.15, -0.1) is 13.2 Å². The first-order valence-electron chi connectivity index (χ1n) is 13.8. The van der Waals surface area contributed by atoms with Crippen molar-refractivity contribution >= 4 is 38.6 Å². The van der Waals surface area contributed by atoms with E-state index in [1.165, 1.54) is 17.7 Å². The molecule has 1 spiro atoms. The number of aliphatic hydroxyl groups is 1. The molecule has 7 rings (SSSR count). The molecule has 1 N–H and O–H groups in total. The number of nitrogens with zero attached hydrogens (tertiary/aromatic N) is 3. The zero-order valence-corrected chi connectivity index (χ0v) is 24.0. The summed E-state index contributed by atoms with van der Waals surface area (Å²) >= 11 is 1.56. The molecule has 2 fully saturated rings. The Balaban J connectivity index is 1.33. The number of ether oxygens (including phenoxy) is 2. The SMILES string of the molecule is O=S1(c2ccc(OC(F)(F)F)cc2)=NCC2(CC2)c2ccc3c(c2)N(SC2CCC[C@@H](/N=C\1)[C@H]2O)c1ccccc1O3. The van der Waals surface area contributed by atoms with Crippen LogP contribution in [0.5, 0.6) is 17.2 Å². The van der Waals surface area contributed by atoms with Crippen molar-refractivity contribution in [3.8, 4) is 17.2 Å². The molecule has 220 valence electrons. The minimum Gasteiger partial charge on any atom is -0.453 e. The summed E-state index contributed by atoms with van der Waals surface area (Å²) < 4.78 is 69.7. The minimum absolute atomic E-state index is 0.187. The summed E-state index contributed by atoms with van der Waals surface area (Å²) in [5.74, 6) is 1.05. The number of hydrogen-bond donors (Lipinski definition) is 1. The molecule has 4 aliphatic rings. The van der Waals surface area contributed by atoms with Crippen LogP contribution in [0.15, 0.2) is 81.0 Å². The average molecular weight is 616 g/mol. The van der Waals surface area contributed by atoms with Gasteiger partial charge in [-0.3, -0.25) is 9.30 Å². The van der Waals surface area contributed by atoms with Crippen molar-refractivity contribution in [3.05, 3.63) is 72.3 Å². The van der Waals surface area contributed by atoms with Gasteiger partial charge in [0, 0.05) is 5.41 Å². The van der Waals surface area contributed by atoms with Crippen LogP contribution in [0.1, 0.15) is 37.7 Å². The summed E-state index contributed by atoms with van der Waals surface area (Å²) in [5.41, 5.74) is 3.84. The Hall–Kier alpha value is -3.22. The molecule has 2 unspecified atom stereocenters. The topological polar surface area (TPSA) is 83.7 Å². The van der Waals surface area contributed by atoms with Crippen LogP contribution in [-0.2, 0) is 15.1 Å². The fraction of sp³-hybridized carbons (Fsp3) is 0.367. The lowest BCUT2D eigenvalue weighted by molar-refractivity contribution is -0.274. The average Bonchev–Trinajstić information content (AvgIpc) is 3.76. The van der Waals surface area contributed by atoms with E-state index in [0.717, 1.165) is 66.3 Å². The van der Waals surface area contributed by atoms with Crippen molar-refractivity contribution < 1.29 is 32.0 Å². The molecule has 2 saturated carbocycles. The first kappa shape index (κ1) is 27.6. The second-order valence-corrected chi connectivity index (χ2v) is 14.3. The normalized spacial score (nSPS) is 28.5. The van der Waals surface area contributed by atoms with Gasteiger partial charge in [-0.2, -0.15) is 0 Å². The zero-order valence-electron chi connectivity index (χ0n) is 22.4. The fourth-order valence-electron chi connectivity index (χ4n) is 5.77. The predicted octanol–water partition coefficient (Wildman–Crippen LogP) is 7.36. The molecule has 2 aliphatic carbocycles. The molecular weight excluding hydrogens is 587 g/mol. The molecule has 7 nitrogen and oxygen atoms in total.